The molecule has 0 fully saturated rings. The number of rotatable bonds is 8. The highest BCUT2D eigenvalue weighted by molar-refractivity contribution is 5.78. The first-order valence-electron chi connectivity index (χ1n) is 7.20. The van der Waals surface area contributed by atoms with Crippen molar-refractivity contribution in [1.29, 1.82) is 0 Å². The smallest absolute Gasteiger partial charge is 0.224 e. The van der Waals surface area contributed by atoms with Crippen molar-refractivity contribution < 1.29 is 4.79 Å². The van der Waals surface area contributed by atoms with Gasteiger partial charge in [0.2, 0.25) is 5.91 Å². The van der Waals surface area contributed by atoms with Gasteiger partial charge in [-0.2, -0.15) is 0 Å². The molecule has 0 atom stereocenters. The van der Waals surface area contributed by atoms with E-state index in [-0.39, 0.29) is 5.91 Å². The zero-order valence-electron chi connectivity index (χ0n) is 12.4. The zero-order chi connectivity index (χ0) is 14.1. The van der Waals surface area contributed by atoms with E-state index in [0.29, 0.717) is 6.42 Å². The van der Waals surface area contributed by atoms with Gasteiger partial charge in [0.25, 0.3) is 0 Å². The molecule has 1 aromatic rings. The van der Waals surface area contributed by atoms with Crippen molar-refractivity contribution in [2.24, 2.45) is 0 Å². The molecule has 1 aromatic carbocycles. The van der Waals surface area contributed by atoms with Gasteiger partial charge in [-0.05, 0) is 38.5 Å². The maximum atomic E-state index is 11.8. The van der Waals surface area contributed by atoms with Gasteiger partial charge in [-0.15, -0.1) is 0 Å². The summed E-state index contributed by atoms with van der Waals surface area (Å²) in [6.45, 7) is 10.4. The third-order valence-corrected chi connectivity index (χ3v) is 3.35. The fourth-order valence-corrected chi connectivity index (χ4v) is 2.02. The molecule has 19 heavy (non-hydrogen) atoms. The van der Waals surface area contributed by atoms with Crippen molar-refractivity contribution in [3.63, 3.8) is 0 Å². The van der Waals surface area contributed by atoms with Crippen LogP contribution in [0.3, 0.4) is 0 Å². The number of hydrogen-bond donors (Lipinski definition) is 1. The highest BCUT2D eigenvalue weighted by Gasteiger charge is 2.03. The monoisotopic (exact) mass is 262 g/mol. The summed E-state index contributed by atoms with van der Waals surface area (Å²) < 4.78 is 0. The zero-order valence-corrected chi connectivity index (χ0v) is 12.4. The molecule has 0 saturated carbocycles. The number of hydrogen-bond acceptors (Lipinski definition) is 2. The van der Waals surface area contributed by atoms with Gasteiger partial charge >= 0.3 is 0 Å². The second-order valence-electron chi connectivity index (χ2n) is 4.89. The predicted molar refractivity (Wildman–Crippen MR) is 80.3 cm³/mol. The van der Waals surface area contributed by atoms with E-state index in [9.17, 15) is 4.79 Å². The van der Waals surface area contributed by atoms with Crippen LogP contribution in [-0.4, -0.2) is 37.0 Å². The Morgan fingerprint density at radius 2 is 1.79 bits per heavy atom. The van der Waals surface area contributed by atoms with Crippen LogP contribution >= 0.6 is 0 Å². The standard InChI is InChI=1S/C16H26N2O/c1-4-18(5-2)12-6-11-17-16(19)13-15-9-7-14(3)8-10-15/h7-10H,4-6,11-13H2,1-3H3,(H,17,19). The van der Waals surface area contributed by atoms with Crippen molar-refractivity contribution in [3.05, 3.63) is 35.4 Å². The molecular weight excluding hydrogens is 236 g/mol. The van der Waals surface area contributed by atoms with Crippen molar-refractivity contribution >= 4 is 5.91 Å². The lowest BCUT2D eigenvalue weighted by Crippen LogP contribution is -2.30. The first-order chi connectivity index (χ1) is 9.15. The van der Waals surface area contributed by atoms with Gasteiger partial charge in [-0.3, -0.25) is 4.79 Å². The molecule has 0 aliphatic rings. The van der Waals surface area contributed by atoms with Crippen LogP contribution < -0.4 is 5.32 Å². The number of nitrogens with zero attached hydrogens (tertiary/aromatic N) is 1. The van der Waals surface area contributed by atoms with Gasteiger partial charge in [-0.1, -0.05) is 43.7 Å². The molecule has 0 aliphatic carbocycles. The minimum Gasteiger partial charge on any atom is -0.356 e. The minimum absolute atomic E-state index is 0.114. The summed E-state index contributed by atoms with van der Waals surface area (Å²) in [5.74, 6) is 0.114. The highest BCUT2D eigenvalue weighted by atomic mass is 16.1. The summed E-state index contributed by atoms with van der Waals surface area (Å²) in [7, 11) is 0. The molecule has 0 aromatic heterocycles. The molecule has 0 unspecified atom stereocenters. The van der Waals surface area contributed by atoms with Gasteiger partial charge in [0, 0.05) is 6.54 Å². The molecule has 106 valence electrons. The topological polar surface area (TPSA) is 32.3 Å². The van der Waals surface area contributed by atoms with Gasteiger partial charge in [0.05, 0.1) is 6.42 Å². The number of aryl methyl sites for hydroxylation is 1. The first kappa shape index (κ1) is 15.7. The van der Waals surface area contributed by atoms with Crippen LogP contribution in [0.1, 0.15) is 31.4 Å². The second kappa shape index (κ2) is 8.70. The molecule has 1 N–H and O–H groups in total. The Bertz CT molecular complexity index is 369. The van der Waals surface area contributed by atoms with Crippen LogP contribution in [0.5, 0.6) is 0 Å². The summed E-state index contributed by atoms with van der Waals surface area (Å²) in [5, 5.41) is 2.98. The van der Waals surface area contributed by atoms with E-state index in [1.165, 1.54) is 5.56 Å². The Morgan fingerprint density at radius 3 is 2.37 bits per heavy atom. The number of carbonyl (C=O) groups is 1. The third-order valence-electron chi connectivity index (χ3n) is 3.35. The molecule has 1 amide bonds. The molecule has 0 bridgehead atoms. The summed E-state index contributed by atoms with van der Waals surface area (Å²) in [6.07, 6.45) is 1.49. The fourth-order valence-electron chi connectivity index (χ4n) is 2.02. The van der Waals surface area contributed by atoms with Gasteiger partial charge in [0.15, 0.2) is 0 Å². The van der Waals surface area contributed by atoms with Gasteiger partial charge < -0.3 is 10.2 Å². The van der Waals surface area contributed by atoms with Crippen molar-refractivity contribution in [2.45, 2.75) is 33.6 Å². The normalized spacial score (nSPS) is 10.7. The van der Waals surface area contributed by atoms with E-state index in [1.54, 1.807) is 0 Å². The number of amides is 1. The molecule has 1 rings (SSSR count). The van der Waals surface area contributed by atoms with E-state index >= 15 is 0 Å². The second-order valence-corrected chi connectivity index (χ2v) is 4.89. The number of nitrogens with one attached hydrogen (secondary N) is 1. The van der Waals surface area contributed by atoms with Gasteiger partial charge in [0.1, 0.15) is 0 Å². The molecule has 3 nitrogen and oxygen atoms in total. The molecule has 0 saturated heterocycles. The van der Waals surface area contributed by atoms with Crippen LogP contribution in [0.4, 0.5) is 0 Å². The summed E-state index contributed by atoms with van der Waals surface area (Å²) in [4.78, 5) is 14.1. The summed E-state index contributed by atoms with van der Waals surface area (Å²) >= 11 is 0. The van der Waals surface area contributed by atoms with E-state index in [2.05, 4.69) is 31.0 Å². The molecule has 0 aliphatic heterocycles. The lowest BCUT2D eigenvalue weighted by Gasteiger charge is -2.17. The Hall–Kier alpha value is -1.35. The fraction of sp³-hybridized carbons (Fsp3) is 0.562. The molecular formula is C16H26N2O. The van der Waals surface area contributed by atoms with Crippen LogP contribution in [0.2, 0.25) is 0 Å². The molecule has 0 heterocycles. The van der Waals surface area contributed by atoms with Gasteiger partial charge in [-0.25, -0.2) is 0 Å². The van der Waals surface area contributed by atoms with Crippen molar-refractivity contribution in [3.8, 4) is 0 Å². The quantitative estimate of drug-likeness (QED) is 0.730. The average molecular weight is 262 g/mol. The Kier molecular flexibility index (Phi) is 7.19. The van der Waals surface area contributed by atoms with Crippen LogP contribution in [0, 0.1) is 6.92 Å². The van der Waals surface area contributed by atoms with Crippen LogP contribution in [-0.2, 0) is 11.2 Å². The highest BCUT2D eigenvalue weighted by Crippen LogP contribution is 2.03. The summed E-state index contributed by atoms with van der Waals surface area (Å²) in [5.41, 5.74) is 2.30. The van der Waals surface area contributed by atoms with E-state index in [1.807, 2.05) is 24.3 Å². The Balaban J connectivity index is 2.19. The van der Waals surface area contributed by atoms with Crippen molar-refractivity contribution in [2.75, 3.05) is 26.2 Å². The average Bonchev–Trinajstić information content (AvgIpc) is 2.42. The Morgan fingerprint density at radius 1 is 1.16 bits per heavy atom. The third kappa shape index (κ3) is 6.39. The van der Waals surface area contributed by atoms with E-state index in [0.717, 1.165) is 38.2 Å². The Labute approximate surface area is 117 Å². The van der Waals surface area contributed by atoms with E-state index in [4.69, 9.17) is 0 Å². The number of benzene rings is 1. The predicted octanol–water partition coefficient (Wildman–Crippen LogP) is 2.39. The lowest BCUT2D eigenvalue weighted by molar-refractivity contribution is -0.120. The maximum absolute atomic E-state index is 11.8. The molecule has 0 radical (unpaired) electrons. The largest absolute Gasteiger partial charge is 0.356 e. The van der Waals surface area contributed by atoms with Crippen LogP contribution in [0.15, 0.2) is 24.3 Å². The first-order valence-corrected chi connectivity index (χ1v) is 7.20. The van der Waals surface area contributed by atoms with Crippen LogP contribution in [0.25, 0.3) is 0 Å². The summed E-state index contributed by atoms with van der Waals surface area (Å²) in [6, 6.07) is 8.13. The SMILES string of the molecule is CCN(CC)CCCNC(=O)Cc1ccc(C)cc1. The van der Waals surface area contributed by atoms with Crippen molar-refractivity contribution in [1.82, 2.24) is 10.2 Å². The van der Waals surface area contributed by atoms with E-state index < -0.39 is 0 Å². The molecule has 3 heteroatoms. The lowest BCUT2D eigenvalue weighted by atomic mass is 10.1. The minimum atomic E-state index is 0.114. The number of carbonyl (C=O) groups excluding carboxylic acids is 1. The molecule has 0 spiro atoms. The maximum Gasteiger partial charge on any atom is 0.224 e.